The summed E-state index contributed by atoms with van der Waals surface area (Å²) in [5, 5.41) is 9.52. The minimum absolute atomic E-state index is 0.0835. The Morgan fingerprint density at radius 3 is 2.33 bits per heavy atom. The van der Waals surface area contributed by atoms with E-state index in [1.165, 1.54) is 0 Å². The quantitative estimate of drug-likeness (QED) is 0.442. The van der Waals surface area contributed by atoms with Gasteiger partial charge in [-0.1, -0.05) is 67.9 Å². The average Bonchev–Trinajstić information content (AvgIpc) is 3.12. The lowest BCUT2D eigenvalue weighted by molar-refractivity contribution is -0.118. The molecule has 2 aromatic carbocycles. The fraction of sp³-hybridized carbons (Fsp3) is 0.357. The van der Waals surface area contributed by atoms with Crippen LogP contribution < -0.4 is 5.32 Å². The molecular weight excluding hydrogens is 430 g/mol. The molecule has 1 atom stereocenters. The van der Waals surface area contributed by atoms with Crippen LogP contribution in [0.2, 0.25) is 5.02 Å². The van der Waals surface area contributed by atoms with Crippen molar-refractivity contribution in [3.8, 4) is 11.3 Å². The van der Waals surface area contributed by atoms with Crippen LogP contribution in [0.1, 0.15) is 64.5 Å². The van der Waals surface area contributed by atoms with Gasteiger partial charge in [0, 0.05) is 39.8 Å². The highest BCUT2D eigenvalue weighted by atomic mass is 35.5. The average molecular weight is 460 g/mol. The molecule has 0 fully saturated rings. The number of hydrogen-bond acceptors (Lipinski definition) is 3. The summed E-state index contributed by atoms with van der Waals surface area (Å²) < 4.78 is 2.09. The van der Waals surface area contributed by atoms with Crippen molar-refractivity contribution in [2.75, 3.05) is 5.32 Å². The van der Waals surface area contributed by atoms with Crippen LogP contribution in [0.5, 0.6) is 0 Å². The number of Topliss-reactive ketones (excluding diaryl/α,β-unsaturated/α-hetero) is 1. The van der Waals surface area contributed by atoms with Crippen molar-refractivity contribution in [3.63, 3.8) is 0 Å². The van der Waals surface area contributed by atoms with Crippen molar-refractivity contribution < 1.29 is 4.79 Å². The van der Waals surface area contributed by atoms with Gasteiger partial charge in [-0.2, -0.15) is 5.10 Å². The second-order valence-electron chi connectivity index (χ2n) is 11.0. The van der Waals surface area contributed by atoms with Gasteiger partial charge in [0.1, 0.15) is 5.82 Å². The first-order valence-electron chi connectivity index (χ1n) is 11.5. The highest BCUT2D eigenvalue weighted by molar-refractivity contribution is 6.30. The van der Waals surface area contributed by atoms with Crippen LogP contribution >= 0.6 is 11.6 Å². The highest BCUT2D eigenvalue weighted by Crippen LogP contribution is 2.52. The Kier molecular flexibility index (Phi) is 5.06. The van der Waals surface area contributed by atoms with E-state index in [0.717, 1.165) is 45.9 Å². The van der Waals surface area contributed by atoms with E-state index in [-0.39, 0.29) is 22.7 Å². The van der Waals surface area contributed by atoms with Gasteiger partial charge in [-0.25, -0.2) is 4.68 Å². The number of carbonyl (C=O) groups is 1. The molecule has 0 bridgehead atoms. The predicted molar refractivity (Wildman–Crippen MR) is 135 cm³/mol. The van der Waals surface area contributed by atoms with Crippen LogP contribution in [-0.4, -0.2) is 15.6 Å². The monoisotopic (exact) mass is 459 g/mol. The smallest absolute Gasteiger partial charge is 0.162 e. The van der Waals surface area contributed by atoms with Crippen molar-refractivity contribution in [1.82, 2.24) is 9.78 Å². The van der Waals surface area contributed by atoms with Crippen molar-refractivity contribution >= 4 is 23.2 Å². The number of nitrogens with zero attached hydrogens (tertiary/aromatic N) is 2. The number of allylic oxidation sites excluding steroid dienone is 2. The lowest BCUT2D eigenvalue weighted by Crippen LogP contribution is -2.35. The maximum Gasteiger partial charge on any atom is 0.162 e. The fourth-order valence-corrected chi connectivity index (χ4v) is 5.30. The third kappa shape index (κ3) is 3.80. The van der Waals surface area contributed by atoms with E-state index in [1.807, 2.05) is 42.5 Å². The molecule has 1 aromatic heterocycles. The van der Waals surface area contributed by atoms with Crippen molar-refractivity contribution in [2.45, 2.75) is 58.9 Å². The van der Waals surface area contributed by atoms with Gasteiger partial charge < -0.3 is 5.32 Å². The lowest BCUT2D eigenvalue weighted by Gasteiger charge is -2.39. The van der Waals surface area contributed by atoms with Crippen molar-refractivity contribution in [1.29, 1.82) is 0 Å². The van der Waals surface area contributed by atoms with Gasteiger partial charge in [0.05, 0.1) is 11.2 Å². The number of fused-ring (bicyclic) bond motifs is 1. The van der Waals surface area contributed by atoms with E-state index in [0.29, 0.717) is 11.4 Å². The van der Waals surface area contributed by atoms with E-state index in [9.17, 15) is 4.79 Å². The summed E-state index contributed by atoms with van der Waals surface area (Å²) in [6.45, 7) is 10.8. The molecule has 0 amide bonds. The molecule has 1 aliphatic heterocycles. The third-order valence-electron chi connectivity index (χ3n) is 6.57. The molecule has 2 aliphatic rings. The van der Waals surface area contributed by atoms with E-state index < -0.39 is 0 Å². The molecule has 5 heteroatoms. The molecule has 0 radical (unpaired) electrons. The molecule has 4 nitrogen and oxygen atoms in total. The summed E-state index contributed by atoms with van der Waals surface area (Å²) in [4.78, 5) is 13.6. The molecule has 1 N–H and O–H groups in total. The molecule has 0 saturated carbocycles. The normalized spacial score (nSPS) is 19.7. The molecule has 1 aliphatic carbocycles. The minimum Gasteiger partial charge on any atom is -0.343 e. The van der Waals surface area contributed by atoms with Gasteiger partial charge in [0.25, 0.3) is 0 Å². The Labute approximate surface area is 200 Å². The van der Waals surface area contributed by atoms with Crippen molar-refractivity contribution in [2.24, 2.45) is 5.41 Å². The van der Waals surface area contributed by atoms with Gasteiger partial charge in [0.15, 0.2) is 5.78 Å². The summed E-state index contributed by atoms with van der Waals surface area (Å²) in [5.74, 6) is 0.996. The number of anilines is 1. The van der Waals surface area contributed by atoms with E-state index in [2.05, 4.69) is 56.8 Å². The van der Waals surface area contributed by atoms with Crippen molar-refractivity contribution in [3.05, 3.63) is 82.0 Å². The first-order chi connectivity index (χ1) is 15.5. The Morgan fingerprint density at radius 1 is 1.03 bits per heavy atom. The summed E-state index contributed by atoms with van der Waals surface area (Å²) in [7, 11) is 0. The predicted octanol–water partition coefficient (Wildman–Crippen LogP) is 7.16. The fourth-order valence-electron chi connectivity index (χ4n) is 5.18. The Bertz CT molecular complexity index is 1260. The number of hydrogen-bond donors (Lipinski definition) is 1. The first kappa shape index (κ1) is 22.0. The van der Waals surface area contributed by atoms with Crippen LogP contribution in [-0.2, 0) is 10.3 Å². The lowest BCUT2D eigenvalue weighted by atomic mass is 9.69. The molecule has 2 heterocycles. The number of ketones is 1. The summed E-state index contributed by atoms with van der Waals surface area (Å²) in [6.07, 6.45) is 1.37. The van der Waals surface area contributed by atoms with Crippen LogP contribution in [0.15, 0.2) is 65.9 Å². The van der Waals surface area contributed by atoms with Crippen LogP contribution in [0.25, 0.3) is 11.3 Å². The number of aromatic nitrogens is 2. The molecule has 33 heavy (non-hydrogen) atoms. The zero-order valence-electron chi connectivity index (χ0n) is 19.9. The summed E-state index contributed by atoms with van der Waals surface area (Å²) >= 11 is 6.24. The van der Waals surface area contributed by atoms with E-state index in [1.54, 1.807) is 0 Å². The highest BCUT2D eigenvalue weighted by Gasteiger charge is 2.44. The van der Waals surface area contributed by atoms with Gasteiger partial charge >= 0.3 is 0 Å². The molecule has 1 unspecified atom stereocenters. The van der Waals surface area contributed by atoms with Crippen LogP contribution in [0, 0.1) is 5.41 Å². The molecule has 170 valence electrons. The SMILES string of the molecule is CC1(C)CC(=O)C2=C(C1)Nc1c(c(-c3ccccc3)nn1C(C)(C)C)C2c1ccc(Cl)cc1. The second kappa shape index (κ2) is 7.59. The number of benzene rings is 2. The first-order valence-corrected chi connectivity index (χ1v) is 11.9. The second-order valence-corrected chi connectivity index (χ2v) is 11.4. The standard InChI is InChI=1S/C28H30ClN3O/c1-27(2,3)32-26-24(25(31-32)18-9-7-6-8-10-18)22(17-11-13-19(29)14-12-17)23-20(30-26)15-28(4,5)16-21(23)33/h6-14,22,30H,15-16H2,1-5H3. The third-order valence-corrected chi connectivity index (χ3v) is 6.83. The van der Waals surface area contributed by atoms with E-state index in [4.69, 9.17) is 16.7 Å². The van der Waals surface area contributed by atoms with Gasteiger partial charge in [-0.05, 0) is 50.3 Å². The van der Waals surface area contributed by atoms with Crippen LogP contribution in [0.4, 0.5) is 5.82 Å². The number of carbonyl (C=O) groups excluding carboxylic acids is 1. The zero-order valence-corrected chi connectivity index (χ0v) is 20.6. The maximum atomic E-state index is 13.6. The molecule has 0 spiro atoms. The zero-order chi connectivity index (χ0) is 23.5. The van der Waals surface area contributed by atoms with Gasteiger partial charge in [-0.3, -0.25) is 4.79 Å². The number of rotatable bonds is 2. The van der Waals surface area contributed by atoms with E-state index >= 15 is 0 Å². The molecular formula is C28H30ClN3O. The summed E-state index contributed by atoms with van der Waals surface area (Å²) in [5.41, 5.74) is 5.66. The summed E-state index contributed by atoms with van der Waals surface area (Å²) in [6, 6.07) is 18.2. The molecule has 3 aromatic rings. The minimum atomic E-state index is -0.235. The topological polar surface area (TPSA) is 46.9 Å². The maximum absolute atomic E-state index is 13.6. The van der Waals surface area contributed by atoms with Crippen LogP contribution in [0.3, 0.4) is 0 Å². The largest absolute Gasteiger partial charge is 0.343 e. The Balaban J connectivity index is 1.83. The van der Waals surface area contributed by atoms with Gasteiger partial charge in [0.2, 0.25) is 0 Å². The number of halogens is 1. The Morgan fingerprint density at radius 2 is 1.70 bits per heavy atom. The Hall–Kier alpha value is -2.85. The molecule has 0 saturated heterocycles. The van der Waals surface area contributed by atoms with Gasteiger partial charge in [-0.15, -0.1) is 0 Å². The molecule has 5 rings (SSSR count). The number of nitrogens with one attached hydrogen (secondary N) is 1.